The number of nitrogen functional groups attached to an aromatic ring is 1. The maximum Gasteiger partial charge on any atom is 0.306 e. The first-order valence-corrected chi connectivity index (χ1v) is 10.6. The van der Waals surface area contributed by atoms with Gasteiger partial charge in [-0.25, -0.2) is 0 Å². The van der Waals surface area contributed by atoms with Crippen LogP contribution < -0.4 is 11.1 Å². The molecule has 32 heavy (non-hydrogen) atoms. The van der Waals surface area contributed by atoms with Crippen LogP contribution in [0.4, 0.5) is 17.6 Å². The van der Waals surface area contributed by atoms with Gasteiger partial charge in [0.1, 0.15) is 0 Å². The van der Waals surface area contributed by atoms with Crippen molar-refractivity contribution in [3.8, 4) is 0 Å². The highest BCUT2D eigenvalue weighted by Crippen LogP contribution is 2.23. The number of benzene rings is 2. The number of aromatic nitrogens is 3. The molecule has 0 unspecified atom stereocenters. The zero-order valence-electron chi connectivity index (χ0n) is 17.9. The molecule has 1 aliphatic rings. The maximum absolute atomic E-state index is 12.4. The predicted octanol–water partition coefficient (Wildman–Crippen LogP) is 3.70. The van der Waals surface area contributed by atoms with Gasteiger partial charge in [0.05, 0.1) is 6.42 Å². The van der Waals surface area contributed by atoms with Crippen LogP contribution in [0.2, 0.25) is 0 Å². The Kier molecular flexibility index (Phi) is 6.39. The van der Waals surface area contributed by atoms with E-state index in [1.54, 1.807) is 0 Å². The topological polar surface area (TPSA) is 120 Å². The number of ether oxygens (including phenoxy) is 1. The Morgan fingerprint density at radius 1 is 1.00 bits per heavy atom. The van der Waals surface area contributed by atoms with Gasteiger partial charge in [-0.05, 0) is 55.5 Å². The van der Waals surface area contributed by atoms with Crippen LogP contribution in [0.1, 0.15) is 52.1 Å². The first-order valence-electron chi connectivity index (χ1n) is 10.6. The van der Waals surface area contributed by atoms with Crippen molar-refractivity contribution in [3.63, 3.8) is 0 Å². The van der Waals surface area contributed by atoms with Gasteiger partial charge in [-0.3, -0.25) is 9.59 Å². The SMILES string of the molecule is Cc1ccc(Nc2nc(N)nc(COC(=O)CCC(=O)c3ccc4c(c3)CCC4)n2)cc1. The van der Waals surface area contributed by atoms with Gasteiger partial charge < -0.3 is 15.8 Å². The predicted molar refractivity (Wildman–Crippen MR) is 121 cm³/mol. The van der Waals surface area contributed by atoms with Gasteiger partial charge in [0.15, 0.2) is 18.2 Å². The number of nitrogens with two attached hydrogens (primary N) is 1. The monoisotopic (exact) mass is 431 g/mol. The molecule has 2 aromatic carbocycles. The van der Waals surface area contributed by atoms with E-state index in [0.29, 0.717) is 5.56 Å². The molecule has 0 saturated heterocycles. The molecule has 8 heteroatoms. The summed E-state index contributed by atoms with van der Waals surface area (Å²) in [6.07, 6.45) is 3.29. The number of hydrogen-bond donors (Lipinski definition) is 2. The average Bonchev–Trinajstić information content (AvgIpc) is 3.25. The molecule has 0 bridgehead atoms. The van der Waals surface area contributed by atoms with E-state index in [2.05, 4.69) is 20.3 Å². The quantitative estimate of drug-likeness (QED) is 0.409. The van der Waals surface area contributed by atoms with Gasteiger partial charge in [0.2, 0.25) is 11.9 Å². The van der Waals surface area contributed by atoms with Crippen LogP contribution in [0.5, 0.6) is 0 Å². The number of carbonyl (C=O) groups excluding carboxylic acids is 2. The molecule has 4 rings (SSSR count). The summed E-state index contributed by atoms with van der Waals surface area (Å²) in [6.45, 7) is 1.84. The molecule has 0 amide bonds. The largest absolute Gasteiger partial charge is 0.457 e. The Hall–Kier alpha value is -3.81. The molecule has 0 radical (unpaired) electrons. The van der Waals surface area contributed by atoms with Crippen LogP contribution in [-0.2, 0) is 29.0 Å². The minimum Gasteiger partial charge on any atom is -0.457 e. The molecule has 164 valence electrons. The minimum absolute atomic E-state index is 0.00897. The first-order chi connectivity index (χ1) is 15.5. The van der Waals surface area contributed by atoms with Crippen molar-refractivity contribution in [2.75, 3.05) is 11.1 Å². The molecule has 8 nitrogen and oxygen atoms in total. The van der Waals surface area contributed by atoms with Gasteiger partial charge in [0, 0.05) is 17.7 Å². The number of carbonyl (C=O) groups is 2. The number of ketones is 1. The molecule has 0 fully saturated rings. The van der Waals surface area contributed by atoms with Crippen LogP contribution in [0.15, 0.2) is 42.5 Å². The fourth-order valence-corrected chi connectivity index (χ4v) is 3.65. The summed E-state index contributed by atoms with van der Waals surface area (Å²) in [4.78, 5) is 36.9. The number of hydrogen-bond acceptors (Lipinski definition) is 8. The number of Topliss-reactive ketones (excluding diaryl/α,β-unsaturated/α-hetero) is 1. The Morgan fingerprint density at radius 3 is 2.59 bits per heavy atom. The van der Waals surface area contributed by atoms with Crippen molar-refractivity contribution < 1.29 is 14.3 Å². The lowest BCUT2D eigenvalue weighted by Gasteiger charge is -2.08. The van der Waals surface area contributed by atoms with Gasteiger partial charge >= 0.3 is 5.97 Å². The number of nitrogens with one attached hydrogen (secondary N) is 1. The fourth-order valence-electron chi connectivity index (χ4n) is 3.65. The van der Waals surface area contributed by atoms with Gasteiger partial charge in [-0.2, -0.15) is 15.0 Å². The number of nitrogens with zero attached hydrogens (tertiary/aromatic N) is 3. The average molecular weight is 431 g/mol. The highest BCUT2D eigenvalue weighted by Gasteiger charge is 2.16. The van der Waals surface area contributed by atoms with Crippen LogP contribution in [0.3, 0.4) is 0 Å². The lowest BCUT2D eigenvalue weighted by Crippen LogP contribution is -2.12. The van der Waals surface area contributed by atoms with Crippen LogP contribution in [0, 0.1) is 6.92 Å². The molecule has 0 spiro atoms. The summed E-state index contributed by atoms with van der Waals surface area (Å²) in [5, 5.41) is 3.05. The highest BCUT2D eigenvalue weighted by molar-refractivity contribution is 5.97. The number of aryl methyl sites for hydroxylation is 3. The number of fused-ring (bicyclic) bond motifs is 1. The highest BCUT2D eigenvalue weighted by atomic mass is 16.5. The number of esters is 1. The number of rotatable bonds is 8. The Balaban J connectivity index is 1.29. The molecule has 1 heterocycles. The Bertz CT molecular complexity index is 1140. The van der Waals surface area contributed by atoms with Crippen LogP contribution in [-0.4, -0.2) is 26.7 Å². The van der Waals surface area contributed by atoms with E-state index < -0.39 is 5.97 Å². The smallest absolute Gasteiger partial charge is 0.306 e. The molecule has 1 aromatic heterocycles. The summed E-state index contributed by atoms with van der Waals surface area (Å²) in [5.74, 6) is -0.0470. The van der Waals surface area contributed by atoms with Crippen molar-refractivity contribution in [3.05, 3.63) is 70.5 Å². The molecular formula is C24H25N5O3. The molecule has 3 aromatic rings. The number of anilines is 3. The van der Waals surface area contributed by atoms with Crippen molar-refractivity contribution in [1.29, 1.82) is 0 Å². The normalized spacial score (nSPS) is 12.3. The van der Waals surface area contributed by atoms with E-state index in [9.17, 15) is 9.59 Å². The molecule has 3 N–H and O–H groups in total. The first kappa shape index (κ1) is 21.4. The maximum atomic E-state index is 12.4. The van der Waals surface area contributed by atoms with Gasteiger partial charge in [-0.15, -0.1) is 0 Å². The molecule has 0 atom stereocenters. The van der Waals surface area contributed by atoms with E-state index in [1.165, 1.54) is 11.1 Å². The van der Waals surface area contributed by atoms with Gasteiger partial charge in [-0.1, -0.05) is 29.8 Å². The lowest BCUT2D eigenvalue weighted by atomic mass is 10.0. The van der Waals surface area contributed by atoms with E-state index in [-0.39, 0.29) is 43.0 Å². The second kappa shape index (κ2) is 9.55. The second-order valence-electron chi connectivity index (χ2n) is 7.85. The summed E-state index contributed by atoms with van der Waals surface area (Å²) in [6, 6.07) is 13.5. The summed E-state index contributed by atoms with van der Waals surface area (Å²) in [7, 11) is 0. The van der Waals surface area contributed by atoms with Crippen molar-refractivity contribution >= 4 is 29.3 Å². The Morgan fingerprint density at radius 2 is 1.78 bits per heavy atom. The van der Waals surface area contributed by atoms with Crippen molar-refractivity contribution in [2.24, 2.45) is 0 Å². The molecular weight excluding hydrogens is 406 g/mol. The second-order valence-corrected chi connectivity index (χ2v) is 7.85. The molecule has 0 saturated carbocycles. The van der Waals surface area contributed by atoms with Gasteiger partial charge in [0.25, 0.3) is 0 Å². The minimum atomic E-state index is -0.494. The van der Waals surface area contributed by atoms with Crippen molar-refractivity contribution in [2.45, 2.75) is 45.6 Å². The van der Waals surface area contributed by atoms with E-state index in [1.807, 2.05) is 49.4 Å². The van der Waals surface area contributed by atoms with Crippen LogP contribution in [0.25, 0.3) is 0 Å². The molecule has 0 aliphatic heterocycles. The molecule has 1 aliphatic carbocycles. The third kappa shape index (κ3) is 5.46. The lowest BCUT2D eigenvalue weighted by molar-refractivity contribution is -0.145. The van der Waals surface area contributed by atoms with E-state index >= 15 is 0 Å². The van der Waals surface area contributed by atoms with Crippen LogP contribution >= 0.6 is 0 Å². The van der Waals surface area contributed by atoms with E-state index in [4.69, 9.17) is 10.5 Å². The zero-order chi connectivity index (χ0) is 22.5. The summed E-state index contributed by atoms with van der Waals surface area (Å²) < 4.78 is 5.24. The van der Waals surface area contributed by atoms with E-state index in [0.717, 1.165) is 30.5 Å². The third-order valence-electron chi connectivity index (χ3n) is 5.35. The summed E-state index contributed by atoms with van der Waals surface area (Å²) in [5.41, 5.74) is 10.9. The zero-order valence-corrected chi connectivity index (χ0v) is 17.9. The van der Waals surface area contributed by atoms with Crippen molar-refractivity contribution in [1.82, 2.24) is 15.0 Å². The summed E-state index contributed by atoms with van der Waals surface area (Å²) >= 11 is 0. The fraction of sp³-hybridized carbons (Fsp3) is 0.292. The standard InChI is InChI=1S/C24H25N5O3/c1-15-5-9-19(10-6-15)26-24-28-21(27-23(25)29-24)14-32-22(31)12-11-20(30)18-8-7-16-3-2-4-17(16)13-18/h5-10,13H,2-4,11-12,14H2,1H3,(H3,25,26,27,28,29). The Labute approximate surface area is 186 Å². The third-order valence-corrected chi connectivity index (χ3v) is 5.35.